The van der Waals surface area contributed by atoms with Gasteiger partial charge in [0.25, 0.3) is 10.0 Å². The Bertz CT molecular complexity index is 1050. The lowest BCUT2D eigenvalue weighted by molar-refractivity contribution is 0.147. The van der Waals surface area contributed by atoms with Crippen molar-refractivity contribution in [1.29, 1.82) is 0 Å². The molecule has 5 nitrogen and oxygen atoms in total. The first-order chi connectivity index (χ1) is 12.9. The van der Waals surface area contributed by atoms with E-state index in [1.807, 2.05) is 30.3 Å². The van der Waals surface area contributed by atoms with E-state index in [4.69, 9.17) is 0 Å². The van der Waals surface area contributed by atoms with Gasteiger partial charge in [-0.25, -0.2) is 16.8 Å². The number of para-hydroxylation sites is 1. The van der Waals surface area contributed by atoms with Crippen molar-refractivity contribution in [3.63, 3.8) is 0 Å². The summed E-state index contributed by atoms with van der Waals surface area (Å²) in [6, 6.07) is 14.4. The summed E-state index contributed by atoms with van der Waals surface area (Å²) in [4.78, 5) is 4.62. The molecule has 142 valence electrons. The molecule has 0 N–H and O–H groups in total. The van der Waals surface area contributed by atoms with E-state index < -0.39 is 15.8 Å². The summed E-state index contributed by atoms with van der Waals surface area (Å²) in [6.45, 7) is 4.28. The lowest BCUT2D eigenvalue weighted by Crippen LogP contribution is -2.44. The number of likely N-dealkylation sites (N-methyl/N-ethyl adjacent to an activating group) is 1. The molecule has 1 saturated heterocycles. The predicted molar refractivity (Wildman–Crippen MR) is 104 cm³/mol. The lowest BCUT2D eigenvalue weighted by Gasteiger charge is -2.32. The molecule has 0 spiro atoms. The molecule has 1 aliphatic heterocycles. The van der Waals surface area contributed by atoms with Crippen LogP contribution in [0.1, 0.15) is 5.69 Å². The van der Waals surface area contributed by atoms with Gasteiger partial charge in [0.2, 0.25) is 0 Å². The van der Waals surface area contributed by atoms with Crippen LogP contribution in [0.15, 0.2) is 59.5 Å². The molecule has 1 aliphatic rings. The Kier molecular flexibility index (Phi) is 4.75. The minimum atomic E-state index is -3.82. The first kappa shape index (κ1) is 18.2. The highest BCUT2D eigenvalue weighted by molar-refractivity contribution is 7.90. The summed E-state index contributed by atoms with van der Waals surface area (Å²) >= 11 is 0. The Morgan fingerprint density at radius 2 is 1.63 bits per heavy atom. The highest BCUT2D eigenvalue weighted by Gasteiger charge is 2.25. The van der Waals surface area contributed by atoms with Crippen molar-refractivity contribution in [1.82, 2.24) is 13.8 Å². The fraction of sp³-hybridized carbons (Fsp3) is 0.300. The summed E-state index contributed by atoms with van der Waals surface area (Å²) in [5, 5.41) is 0.882. The summed E-state index contributed by atoms with van der Waals surface area (Å²) in [6.07, 6.45) is 0. The molecule has 7 heteroatoms. The third-order valence-electron chi connectivity index (χ3n) is 5.07. The number of piperazine rings is 1. The van der Waals surface area contributed by atoms with Crippen LogP contribution in [-0.2, 0) is 16.6 Å². The van der Waals surface area contributed by atoms with Crippen LogP contribution in [0, 0.1) is 5.82 Å². The second-order valence-electron chi connectivity index (χ2n) is 7.00. The zero-order chi connectivity index (χ0) is 19.0. The van der Waals surface area contributed by atoms with Crippen molar-refractivity contribution in [2.24, 2.45) is 0 Å². The number of hydrogen-bond acceptors (Lipinski definition) is 4. The minimum Gasteiger partial charge on any atom is -0.304 e. The average molecular weight is 387 g/mol. The zero-order valence-corrected chi connectivity index (χ0v) is 16.0. The van der Waals surface area contributed by atoms with Gasteiger partial charge in [0, 0.05) is 43.8 Å². The number of aromatic nitrogens is 1. The molecule has 1 fully saturated rings. The average Bonchev–Trinajstić information content (AvgIpc) is 3.02. The van der Waals surface area contributed by atoms with Crippen LogP contribution in [0.2, 0.25) is 0 Å². The Morgan fingerprint density at radius 1 is 0.963 bits per heavy atom. The quantitative estimate of drug-likeness (QED) is 0.691. The van der Waals surface area contributed by atoms with E-state index in [-0.39, 0.29) is 4.90 Å². The standard InChI is InChI=1S/C20H22FN3O2S/c1-22-10-12-23(13-11-22)15-18-14-16-4-2-3-5-20(16)24(18)27(25,26)19-8-6-17(21)7-9-19/h2-9,14H,10-13,15H2,1H3. The monoisotopic (exact) mass is 387 g/mol. The second kappa shape index (κ2) is 7.07. The van der Waals surface area contributed by atoms with Gasteiger partial charge in [-0.3, -0.25) is 4.90 Å². The van der Waals surface area contributed by atoms with Crippen LogP contribution < -0.4 is 0 Å². The normalized spacial score (nSPS) is 16.8. The molecule has 27 heavy (non-hydrogen) atoms. The van der Waals surface area contributed by atoms with Crippen LogP contribution >= 0.6 is 0 Å². The predicted octanol–water partition coefficient (Wildman–Crippen LogP) is 2.76. The molecule has 2 heterocycles. The maximum Gasteiger partial charge on any atom is 0.268 e. The topological polar surface area (TPSA) is 45.5 Å². The van der Waals surface area contributed by atoms with Crippen LogP contribution in [0.5, 0.6) is 0 Å². The number of halogens is 1. The lowest BCUT2D eigenvalue weighted by atomic mass is 10.2. The number of nitrogens with zero attached hydrogens (tertiary/aromatic N) is 3. The molecule has 1 aromatic heterocycles. The highest BCUT2D eigenvalue weighted by Crippen LogP contribution is 2.27. The number of benzene rings is 2. The van der Waals surface area contributed by atoms with Crippen LogP contribution in [0.4, 0.5) is 4.39 Å². The van der Waals surface area contributed by atoms with Crippen molar-refractivity contribution in [3.05, 3.63) is 66.1 Å². The molecule has 2 aromatic carbocycles. The number of fused-ring (bicyclic) bond motifs is 1. The molecule has 0 bridgehead atoms. The molecule has 0 saturated carbocycles. The Hall–Kier alpha value is -2.22. The van der Waals surface area contributed by atoms with Gasteiger partial charge < -0.3 is 4.90 Å². The molecule has 0 unspecified atom stereocenters. The highest BCUT2D eigenvalue weighted by atomic mass is 32.2. The smallest absolute Gasteiger partial charge is 0.268 e. The van der Waals surface area contributed by atoms with Crippen molar-refractivity contribution < 1.29 is 12.8 Å². The van der Waals surface area contributed by atoms with Crippen LogP contribution in [0.3, 0.4) is 0 Å². The number of rotatable bonds is 4. The molecule has 4 rings (SSSR count). The van der Waals surface area contributed by atoms with E-state index in [9.17, 15) is 12.8 Å². The molecule has 0 radical (unpaired) electrons. The first-order valence-corrected chi connectivity index (χ1v) is 10.4. The van der Waals surface area contributed by atoms with Gasteiger partial charge in [-0.15, -0.1) is 0 Å². The largest absolute Gasteiger partial charge is 0.304 e. The molecule has 3 aromatic rings. The minimum absolute atomic E-state index is 0.0879. The van der Waals surface area contributed by atoms with Gasteiger partial charge in [-0.2, -0.15) is 0 Å². The van der Waals surface area contributed by atoms with Crippen molar-refractivity contribution in [2.75, 3.05) is 33.2 Å². The van der Waals surface area contributed by atoms with E-state index >= 15 is 0 Å². The zero-order valence-electron chi connectivity index (χ0n) is 15.2. The SMILES string of the molecule is CN1CCN(Cc2cc3ccccc3n2S(=O)(=O)c2ccc(F)cc2)CC1. The summed E-state index contributed by atoms with van der Waals surface area (Å²) in [5.41, 5.74) is 1.37. The molecular weight excluding hydrogens is 365 g/mol. The fourth-order valence-corrected chi connectivity index (χ4v) is 5.06. The Morgan fingerprint density at radius 3 is 2.33 bits per heavy atom. The molecule has 0 amide bonds. The summed E-state index contributed by atoms with van der Waals surface area (Å²) in [7, 11) is -1.73. The van der Waals surface area contributed by atoms with E-state index in [2.05, 4.69) is 16.8 Å². The summed E-state index contributed by atoms with van der Waals surface area (Å²) in [5.74, 6) is -0.455. The van der Waals surface area contributed by atoms with E-state index in [1.165, 1.54) is 28.2 Å². The summed E-state index contributed by atoms with van der Waals surface area (Å²) < 4.78 is 41.4. The first-order valence-electron chi connectivity index (χ1n) is 8.96. The third-order valence-corrected chi connectivity index (χ3v) is 6.85. The number of hydrogen-bond donors (Lipinski definition) is 0. The molecule has 0 atom stereocenters. The van der Waals surface area contributed by atoms with E-state index in [1.54, 1.807) is 0 Å². The second-order valence-corrected chi connectivity index (χ2v) is 8.78. The van der Waals surface area contributed by atoms with Gasteiger partial charge in [-0.05, 0) is 43.4 Å². The maximum atomic E-state index is 13.3. The Labute approximate surface area is 158 Å². The maximum absolute atomic E-state index is 13.3. The van der Waals surface area contributed by atoms with Gasteiger partial charge in [0.15, 0.2) is 0 Å². The molecule has 0 aliphatic carbocycles. The fourth-order valence-electron chi connectivity index (χ4n) is 3.53. The Balaban J connectivity index is 1.79. The van der Waals surface area contributed by atoms with Crippen molar-refractivity contribution in [2.45, 2.75) is 11.4 Å². The van der Waals surface area contributed by atoms with Crippen LogP contribution in [0.25, 0.3) is 10.9 Å². The third kappa shape index (κ3) is 3.50. The van der Waals surface area contributed by atoms with Gasteiger partial charge in [0.05, 0.1) is 10.4 Å². The van der Waals surface area contributed by atoms with Crippen molar-refractivity contribution >= 4 is 20.9 Å². The van der Waals surface area contributed by atoms with Gasteiger partial charge in [-0.1, -0.05) is 18.2 Å². The van der Waals surface area contributed by atoms with Crippen molar-refractivity contribution in [3.8, 4) is 0 Å². The van der Waals surface area contributed by atoms with Gasteiger partial charge in [0.1, 0.15) is 5.82 Å². The van der Waals surface area contributed by atoms with Crippen LogP contribution in [-0.4, -0.2) is 55.4 Å². The van der Waals surface area contributed by atoms with Gasteiger partial charge >= 0.3 is 0 Å². The van der Waals surface area contributed by atoms with E-state index in [0.29, 0.717) is 12.1 Å². The molecular formula is C20H22FN3O2S. The van der Waals surface area contributed by atoms with E-state index in [0.717, 1.165) is 37.3 Å².